The number of halogens is 1. The van der Waals surface area contributed by atoms with Crippen LogP contribution in [0.2, 0.25) is 5.02 Å². The highest BCUT2D eigenvalue weighted by Gasteiger charge is 2.35. The molecule has 1 aliphatic carbocycles. The van der Waals surface area contributed by atoms with E-state index in [0.29, 0.717) is 18.1 Å². The van der Waals surface area contributed by atoms with Gasteiger partial charge in [-0.3, -0.25) is 4.98 Å². The number of benzene rings is 1. The molecule has 3 heterocycles. The Morgan fingerprint density at radius 2 is 1.92 bits per heavy atom. The summed E-state index contributed by atoms with van der Waals surface area (Å²) < 4.78 is 27.9. The highest BCUT2D eigenvalue weighted by atomic mass is 35.5. The molecule has 0 amide bonds. The van der Waals surface area contributed by atoms with E-state index in [0.717, 1.165) is 35.2 Å². The quantitative estimate of drug-likeness (QED) is 0.438. The second-order valence-corrected chi connectivity index (χ2v) is 12.7. The van der Waals surface area contributed by atoms with Crippen LogP contribution >= 0.6 is 11.6 Å². The fraction of sp³-hybridized carbons (Fsp3) is 0.357. The summed E-state index contributed by atoms with van der Waals surface area (Å²) in [6.07, 6.45) is 16.9. The van der Waals surface area contributed by atoms with Crippen LogP contribution in [-0.4, -0.2) is 46.6 Å². The van der Waals surface area contributed by atoms with Crippen molar-refractivity contribution < 1.29 is 8.42 Å². The normalized spacial score (nSPS) is 19.6. The van der Waals surface area contributed by atoms with Gasteiger partial charge in [0.15, 0.2) is 0 Å². The fourth-order valence-corrected chi connectivity index (χ4v) is 6.45. The number of imidazole rings is 1. The van der Waals surface area contributed by atoms with Crippen LogP contribution in [0.25, 0.3) is 11.6 Å². The first kappa shape index (κ1) is 24.9. The van der Waals surface area contributed by atoms with Gasteiger partial charge in [-0.1, -0.05) is 35.9 Å². The summed E-state index contributed by atoms with van der Waals surface area (Å²) in [5.74, 6) is 0.328. The number of aromatic nitrogens is 3. The van der Waals surface area contributed by atoms with E-state index in [4.69, 9.17) is 16.6 Å². The average molecular weight is 523 g/mol. The summed E-state index contributed by atoms with van der Waals surface area (Å²) in [5, 5.41) is 0.691. The first-order valence-electron chi connectivity index (χ1n) is 12.2. The van der Waals surface area contributed by atoms with Crippen molar-refractivity contribution in [2.75, 3.05) is 19.3 Å². The van der Waals surface area contributed by atoms with E-state index in [2.05, 4.69) is 53.8 Å². The van der Waals surface area contributed by atoms with Crippen LogP contribution in [-0.2, 0) is 15.6 Å². The number of hydrogen-bond acceptors (Lipinski definition) is 4. The molecule has 6 nitrogen and oxygen atoms in total. The molecule has 188 valence electrons. The molecule has 1 atom stereocenters. The van der Waals surface area contributed by atoms with Crippen LogP contribution < -0.4 is 0 Å². The zero-order valence-corrected chi connectivity index (χ0v) is 22.4. The minimum absolute atomic E-state index is 0.0546. The van der Waals surface area contributed by atoms with Crippen molar-refractivity contribution in [2.45, 2.75) is 38.1 Å². The van der Waals surface area contributed by atoms with Crippen molar-refractivity contribution in [3.05, 3.63) is 94.8 Å². The van der Waals surface area contributed by atoms with Crippen LogP contribution in [0.4, 0.5) is 0 Å². The van der Waals surface area contributed by atoms with Gasteiger partial charge in [-0.2, -0.15) is 0 Å². The highest BCUT2D eigenvalue weighted by Crippen LogP contribution is 2.45. The number of allylic oxidation sites excluding steroid dienone is 3. The molecule has 1 aromatic carbocycles. The maximum Gasteiger partial charge on any atom is 0.211 e. The molecule has 2 aliphatic rings. The number of pyridine rings is 1. The second kappa shape index (κ2) is 9.61. The van der Waals surface area contributed by atoms with E-state index in [1.807, 2.05) is 36.9 Å². The van der Waals surface area contributed by atoms with E-state index >= 15 is 0 Å². The van der Waals surface area contributed by atoms with E-state index in [1.54, 1.807) is 10.5 Å². The number of fused-ring (bicyclic) bond motifs is 2. The van der Waals surface area contributed by atoms with Gasteiger partial charge in [-0.05, 0) is 73.6 Å². The Labute approximate surface area is 218 Å². The van der Waals surface area contributed by atoms with Gasteiger partial charge in [0.25, 0.3) is 0 Å². The molecule has 1 fully saturated rings. The van der Waals surface area contributed by atoms with Gasteiger partial charge in [-0.25, -0.2) is 17.7 Å². The van der Waals surface area contributed by atoms with E-state index in [1.165, 1.54) is 11.8 Å². The van der Waals surface area contributed by atoms with E-state index < -0.39 is 10.0 Å². The van der Waals surface area contributed by atoms with E-state index in [9.17, 15) is 8.42 Å². The van der Waals surface area contributed by atoms with Crippen LogP contribution in [0.1, 0.15) is 55.0 Å². The summed E-state index contributed by atoms with van der Waals surface area (Å²) in [5.41, 5.74) is 5.21. The summed E-state index contributed by atoms with van der Waals surface area (Å²) in [4.78, 5) is 9.12. The standard InChI is InChI=1S/C28H31ClN4O2S/c1-28(2,32-16-13-30-19-32)11-8-21-17-22-18-23(29)6-7-24(22)26(27-25(21)5-4-12-31-27)20-9-14-33(15-10-20)36(3,34)35/h4-8,11-13,16-20,26H,9-10,14-15H2,1-3H3/b11-8+. The third-order valence-corrected chi connectivity index (χ3v) is 8.96. The van der Waals surface area contributed by atoms with Gasteiger partial charge >= 0.3 is 0 Å². The van der Waals surface area contributed by atoms with Crippen LogP contribution in [0.3, 0.4) is 0 Å². The second-order valence-electron chi connectivity index (χ2n) is 10.2. The molecule has 5 rings (SSSR count). The third-order valence-electron chi connectivity index (χ3n) is 7.42. The van der Waals surface area contributed by atoms with Gasteiger partial charge in [0.05, 0.1) is 23.8 Å². The van der Waals surface area contributed by atoms with Gasteiger partial charge < -0.3 is 4.57 Å². The first-order chi connectivity index (χ1) is 17.1. The minimum Gasteiger partial charge on any atom is -0.328 e. The zero-order valence-electron chi connectivity index (χ0n) is 20.8. The molecule has 36 heavy (non-hydrogen) atoms. The van der Waals surface area contributed by atoms with Gasteiger partial charge in [0.2, 0.25) is 10.0 Å². The number of rotatable bonds is 5. The molecule has 0 N–H and O–H groups in total. The monoisotopic (exact) mass is 522 g/mol. The Hall–Kier alpha value is -2.74. The molecule has 0 bridgehead atoms. The lowest BCUT2D eigenvalue weighted by atomic mass is 9.76. The predicted molar refractivity (Wildman–Crippen MR) is 145 cm³/mol. The van der Waals surface area contributed by atoms with Gasteiger partial charge in [-0.15, -0.1) is 0 Å². The Morgan fingerprint density at radius 3 is 2.61 bits per heavy atom. The fourth-order valence-electron chi connectivity index (χ4n) is 5.39. The predicted octanol–water partition coefficient (Wildman–Crippen LogP) is 5.58. The average Bonchev–Trinajstić information content (AvgIpc) is 3.35. The molecule has 8 heteroatoms. The molecule has 1 unspecified atom stereocenters. The maximum absolute atomic E-state index is 12.1. The molecule has 0 radical (unpaired) electrons. The van der Waals surface area contributed by atoms with E-state index in [-0.39, 0.29) is 17.4 Å². The number of hydrogen-bond donors (Lipinski definition) is 0. The summed E-state index contributed by atoms with van der Waals surface area (Å²) in [6, 6.07) is 10.2. The topological polar surface area (TPSA) is 68.1 Å². The molecule has 1 aliphatic heterocycles. The molecule has 0 saturated carbocycles. The van der Waals surface area contributed by atoms with Crippen molar-refractivity contribution in [3.63, 3.8) is 0 Å². The van der Waals surface area contributed by atoms with Gasteiger partial charge in [0, 0.05) is 48.2 Å². The van der Waals surface area contributed by atoms with Crippen molar-refractivity contribution in [1.82, 2.24) is 18.8 Å². The summed E-state index contributed by atoms with van der Waals surface area (Å²) >= 11 is 6.46. The zero-order chi connectivity index (χ0) is 25.5. The lowest BCUT2D eigenvalue weighted by Crippen LogP contribution is -2.39. The SMILES string of the molecule is CC(C)(/C=C/C1=Cc2cc(Cl)ccc2C(C2CCN(S(C)(=O)=O)CC2)c2ncccc21)n1ccnc1. The van der Waals surface area contributed by atoms with Gasteiger partial charge in [0.1, 0.15) is 0 Å². The molecule has 2 aromatic heterocycles. The number of piperidine rings is 1. The van der Waals surface area contributed by atoms with Crippen molar-refractivity contribution in [2.24, 2.45) is 5.92 Å². The highest BCUT2D eigenvalue weighted by molar-refractivity contribution is 7.88. The van der Waals surface area contributed by atoms with Crippen molar-refractivity contribution in [1.29, 1.82) is 0 Å². The maximum atomic E-state index is 12.1. The molecular formula is C28H31ClN4O2S. The Kier molecular flexibility index (Phi) is 6.66. The smallest absolute Gasteiger partial charge is 0.211 e. The minimum atomic E-state index is -3.19. The molecule has 1 saturated heterocycles. The first-order valence-corrected chi connectivity index (χ1v) is 14.5. The lowest BCUT2D eigenvalue weighted by Gasteiger charge is -2.35. The summed E-state index contributed by atoms with van der Waals surface area (Å²) in [7, 11) is -3.19. The molecule has 3 aromatic rings. The largest absolute Gasteiger partial charge is 0.328 e. The number of sulfonamides is 1. The third kappa shape index (κ3) is 4.92. The summed E-state index contributed by atoms with van der Waals surface area (Å²) in [6.45, 7) is 5.36. The van der Waals surface area contributed by atoms with Crippen LogP contribution in [0.15, 0.2) is 67.4 Å². The number of nitrogens with zero attached hydrogens (tertiary/aromatic N) is 4. The molecular weight excluding hydrogens is 492 g/mol. The van der Waals surface area contributed by atoms with Crippen molar-refractivity contribution >= 4 is 33.3 Å². The van der Waals surface area contributed by atoms with Crippen LogP contribution in [0.5, 0.6) is 0 Å². The Balaban J connectivity index is 1.59. The van der Waals surface area contributed by atoms with Crippen LogP contribution in [0, 0.1) is 5.92 Å². The Morgan fingerprint density at radius 1 is 1.14 bits per heavy atom. The van der Waals surface area contributed by atoms with Crippen molar-refractivity contribution in [3.8, 4) is 0 Å². The molecule has 0 spiro atoms. The lowest BCUT2D eigenvalue weighted by molar-refractivity contribution is 0.256. The Bertz CT molecular complexity index is 1420.